The summed E-state index contributed by atoms with van der Waals surface area (Å²) in [6, 6.07) is 5.11. The van der Waals surface area contributed by atoms with E-state index in [4.69, 9.17) is 0 Å². The monoisotopic (exact) mass is 313 g/mol. The molecule has 0 aliphatic heterocycles. The van der Waals surface area contributed by atoms with Crippen LogP contribution < -0.4 is 5.56 Å². The van der Waals surface area contributed by atoms with Gasteiger partial charge in [0.2, 0.25) is 0 Å². The maximum Gasteiger partial charge on any atom is 0.281 e. The Morgan fingerprint density at radius 3 is 2.35 bits per heavy atom. The second kappa shape index (κ2) is 6.16. The smallest absolute Gasteiger partial charge is 0.281 e. The normalized spacial score (nSPS) is 11.2. The molecule has 6 nitrogen and oxygen atoms in total. The maximum atomic E-state index is 12.2. The summed E-state index contributed by atoms with van der Waals surface area (Å²) >= 11 is 0. The molecule has 0 aliphatic rings. The number of nitrogens with zero attached hydrogens (tertiary/aromatic N) is 3. The van der Waals surface area contributed by atoms with Crippen LogP contribution in [0.1, 0.15) is 34.0 Å². The molecule has 0 radical (unpaired) electrons. The summed E-state index contributed by atoms with van der Waals surface area (Å²) in [5.41, 5.74) is 2.95. The largest absolute Gasteiger partial charge is 0.494 e. The van der Waals surface area contributed by atoms with Crippen LogP contribution in [0, 0.1) is 20.8 Å². The van der Waals surface area contributed by atoms with E-state index in [1.54, 1.807) is 32.0 Å². The number of carbonyl (C=O) groups is 1. The molecule has 120 valence electrons. The topological polar surface area (TPSA) is 84.0 Å². The summed E-state index contributed by atoms with van der Waals surface area (Å²) in [4.78, 5) is 23.6. The number of Topliss-reactive ketones (excluding diaryl/α,β-unsaturated/α-hetero) is 1. The minimum atomic E-state index is -0.410. The van der Waals surface area contributed by atoms with Crippen molar-refractivity contribution >= 4 is 17.2 Å². The second-order valence-electron chi connectivity index (χ2n) is 5.54. The molecule has 0 saturated carbocycles. The molecule has 23 heavy (non-hydrogen) atoms. The van der Waals surface area contributed by atoms with E-state index in [-0.39, 0.29) is 17.4 Å². The number of ketones is 1. The van der Waals surface area contributed by atoms with Gasteiger partial charge in [-0.2, -0.15) is 5.11 Å². The molecule has 0 aliphatic carbocycles. The summed E-state index contributed by atoms with van der Waals surface area (Å²) in [7, 11) is 1.48. The van der Waals surface area contributed by atoms with Gasteiger partial charge in [-0.25, -0.2) is 0 Å². The van der Waals surface area contributed by atoms with Gasteiger partial charge in [-0.15, -0.1) is 5.11 Å². The van der Waals surface area contributed by atoms with Gasteiger partial charge in [-0.1, -0.05) is 0 Å². The van der Waals surface area contributed by atoms with Crippen molar-refractivity contribution in [3.63, 3.8) is 0 Å². The Labute approximate surface area is 134 Å². The van der Waals surface area contributed by atoms with Gasteiger partial charge in [0, 0.05) is 18.2 Å². The minimum absolute atomic E-state index is 0.0181. The molecule has 0 atom stereocenters. The molecule has 1 N–H and O–H groups in total. The molecule has 0 bridgehead atoms. The number of hydrogen-bond acceptors (Lipinski definition) is 5. The second-order valence-corrected chi connectivity index (χ2v) is 5.54. The molecule has 0 amide bonds. The van der Waals surface area contributed by atoms with Gasteiger partial charge < -0.3 is 5.11 Å². The highest BCUT2D eigenvalue weighted by Crippen LogP contribution is 2.27. The zero-order valence-corrected chi connectivity index (χ0v) is 13.8. The number of benzene rings is 1. The third-order valence-corrected chi connectivity index (χ3v) is 3.94. The summed E-state index contributed by atoms with van der Waals surface area (Å²) in [6.07, 6.45) is 0. The van der Waals surface area contributed by atoms with Gasteiger partial charge in [-0.05, 0) is 57.0 Å². The van der Waals surface area contributed by atoms with Crippen molar-refractivity contribution in [3.05, 3.63) is 50.8 Å². The van der Waals surface area contributed by atoms with Gasteiger partial charge >= 0.3 is 0 Å². The zero-order chi connectivity index (χ0) is 17.3. The molecule has 0 spiro atoms. The van der Waals surface area contributed by atoms with Crippen LogP contribution >= 0.6 is 0 Å². The first-order valence-corrected chi connectivity index (χ1v) is 7.16. The van der Waals surface area contributed by atoms with Crippen molar-refractivity contribution in [2.24, 2.45) is 17.3 Å². The highest BCUT2D eigenvalue weighted by atomic mass is 16.3. The molecular weight excluding hydrogens is 294 g/mol. The van der Waals surface area contributed by atoms with Crippen LogP contribution in [0.15, 0.2) is 33.2 Å². The molecule has 0 fully saturated rings. The molecule has 0 saturated heterocycles. The lowest BCUT2D eigenvalue weighted by molar-refractivity contribution is 0.101. The van der Waals surface area contributed by atoms with Crippen LogP contribution in [0.2, 0.25) is 0 Å². The predicted molar refractivity (Wildman–Crippen MR) is 88.2 cm³/mol. The number of rotatable bonds is 3. The number of hydrogen-bond donors (Lipinski definition) is 1. The molecule has 1 aromatic heterocycles. The fourth-order valence-corrected chi connectivity index (χ4v) is 2.22. The van der Waals surface area contributed by atoms with Crippen LogP contribution in [0.25, 0.3) is 0 Å². The highest BCUT2D eigenvalue weighted by molar-refractivity contribution is 5.94. The maximum absolute atomic E-state index is 12.2. The minimum Gasteiger partial charge on any atom is -0.494 e. The van der Waals surface area contributed by atoms with Gasteiger partial charge in [0.05, 0.1) is 5.69 Å². The fourth-order valence-electron chi connectivity index (χ4n) is 2.22. The first-order valence-electron chi connectivity index (χ1n) is 7.16. The lowest BCUT2D eigenvalue weighted by atomic mass is 10.1. The summed E-state index contributed by atoms with van der Waals surface area (Å²) in [5, 5.41) is 18.1. The number of pyridine rings is 1. The van der Waals surface area contributed by atoms with E-state index in [1.807, 2.05) is 6.92 Å². The van der Waals surface area contributed by atoms with E-state index in [9.17, 15) is 14.7 Å². The summed E-state index contributed by atoms with van der Waals surface area (Å²) in [5.74, 6) is -0.0936. The van der Waals surface area contributed by atoms with Crippen molar-refractivity contribution in [1.82, 2.24) is 4.57 Å². The molecular formula is C17H19N3O3. The van der Waals surface area contributed by atoms with Crippen molar-refractivity contribution in [2.75, 3.05) is 0 Å². The molecule has 2 aromatic rings. The van der Waals surface area contributed by atoms with E-state index in [0.29, 0.717) is 22.4 Å². The van der Waals surface area contributed by atoms with Crippen LogP contribution in [0.4, 0.5) is 11.4 Å². The van der Waals surface area contributed by atoms with E-state index in [1.165, 1.54) is 14.0 Å². The molecule has 1 heterocycles. The molecule has 0 unspecified atom stereocenters. The third-order valence-electron chi connectivity index (χ3n) is 3.94. The van der Waals surface area contributed by atoms with E-state index in [2.05, 4.69) is 10.2 Å². The number of azo groups is 1. The lowest BCUT2D eigenvalue weighted by Gasteiger charge is -2.10. The van der Waals surface area contributed by atoms with E-state index >= 15 is 0 Å². The number of aromatic nitrogens is 1. The van der Waals surface area contributed by atoms with Crippen LogP contribution in [0.3, 0.4) is 0 Å². The van der Waals surface area contributed by atoms with Gasteiger partial charge in [-0.3, -0.25) is 14.2 Å². The standard InChI is InChI=1S/C17H19N3O3/c1-9-8-13(12(4)21)6-7-14(9)18-19-15-10(2)11(3)16(22)20(5)17(15)23/h6-8,22H,1-5H3. The predicted octanol–water partition coefficient (Wildman–Crippen LogP) is 3.63. The van der Waals surface area contributed by atoms with Gasteiger partial charge in [0.1, 0.15) is 0 Å². The Morgan fingerprint density at radius 2 is 1.78 bits per heavy atom. The zero-order valence-electron chi connectivity index (χ0n) is 13.8. The Morgan fingerprint density at radius 1 is 1.13 bits per heavy atom. The van der Waals surface area contributed by atoms with Crippen LogP contribution in [0.5, 0.6) is 5.88 Å². The van der Waals surface area contributed by atoms with E-state index in [0.717, 1.165) is 10.1 Å². The van der Waals surface area contributed by atoms with Crippen LogP contribution in [-0.2, 0) is 7.05 Å². The first-order chi connectivity index (χ1) is 10.7. The Kier molecular flexibility index (Phi) is 4.45. The number of carbonyl (C=O) groups excluding carboxylic acids is 1. The lowest BCUT2D eigenvalue weighted by Crippen LogP contribution is -2.18. The van der Waals surface area contributed by atoms with Crippen molar-refractivity contribution in [2.45, 2.75) is 27.7 Å². The third kappa shape index (κ3) is 3.06. The number of aromatic hydroxyl groups is 1. The quantitative estimate of drug-likeness (QED) is 0.693. The summed E-state index contributed by atoms with van der Waals surface area (Å²) < 4.78 is 1.14. The van der Waals surface area contributed by atoms with Crippen molar-refractivity contribution in [1.29, 1.82) is 0 Å². The van der Waals surface area contributed by atoms with E-state index < -0.39 is 5.56 Å². The van der Waals surface area contributed by atoms with Crippen molar-refractivity contribution < 1.29 is 9.90 Å². The van der Waals surface area contributed by atoms with Gasteiger partial charge in [0.15, 0.2) is 17.4 Å². The molecule has 6 heteroatoms. The fraction of sp³-hybridized carbons (Fsp3) is 0.294. The first kappa shape index (κ1) is 16.6. The average Bonchev–Trinajstić information content (AvgIpc) is 2.52. The Hall–Kier alpha value is -2.76. The Balaban J connectivity index is 2.50. The van der Waals surface area contributed by atoms with Gasteiger partial charge in [0.25, 0.3) is 5.56 Å². The SMILES string of the molecule is CC(=O)c1ccc(N=Nc2c(C)c(C)c(O)n(C)c2=O)c(C)c1. The Bertz CT molecular complexity index is 880. The molecule has 1 aromatic carbocycles. The van der Waals surface area contributed by atoms with Crippen molar-refractivity contribution in [3.8, 4) is 5.88 Å². The molecule has 2 rings (SSSR count). The average molecular weight is 313 g/mol. The van der Waals surface area contributed by atoms with Crippen LogP contribution in [-0.4, -0.2) is 15.5 Å². The highest BCUT2D eigenvalue weighted by Gasteiger charge is 2.14. The summed E-state index contributed by atoms with van der Waals surface area (Å²) in [6.45, 7) is 6.77. The number of aryl methyl sites for hydroxylation is 1.